The number of carbonyl (C=O) groups is 3. The fourth-order valence-corrected chi connectivity index (χ4v) is 2.40. The van der Waals surface area contributed by atoms with E-state index in [1.165, 1.54) is 55.7 Å². The number of benzene rings is 2. The number of hydrogen-bond acceptors (Lipinski definition) is 6. The number of nitriles is 1. The van der Waals surface area contributed by atoms with E-state index < -0.39 is 17.8 Å². The molecule has 0 saturated carbocycles. The predicted octanol–water partition coefficient (Wildman–Crippen LogP) is 2.54. The molecular weight excluding hydrogens is 398 g/mol. The van der Waals surface area contributed by atoms with Crippen LogP contribution in [-0.4, -0.2) is 31.5 Å². The van der Waals surface area contributed by atoms with Crippen LogP contribution in [0.1, 0.15) is 15.9 Å². The van der Waals surface area contributed by atoms with Gasteiger partial charge in [-0.1, -0.05) is 11.6 Å². The third kappa shape index (κ3) is 6.09. The Morgan fingerprint density at radius 2 is 1.90 bits per heavy atom. The van der Waals surface area contributed by atoms with E-state index in [1.807, 2.05) is 0 Å². The highest BCUT2D eigenvalue weighted by Gasteiger charge is 2.13. The normalized spacial score (nSPS) is 10.6. The largest absolute Gasteiger partial charge is 0.483 e. The number of esters is 1. The molecule has 2 aromatic carbocycles. The van der Waals surface area contributed by atoms with Gasteiger partial charge in [0.25, 0.3) is 11.8 Å². The first-order chi connectivity index (χ1) is 13.8. The number of nitrogens with one attached hydrogen (secondary N) is 1. The molecule has 0 spiro atoms. The highest BCUT2D eigenvalue weighted by molar-refractivity contribution is 6.30. The summed E-state index contributed by atoms with van der Waals surface area (Å²) in [6, 6.07) is 12.3. The molecule has 0 aliphatic carbocycles. The minimum atomic E-state index is -0.681. The lowest BCUT2D eigenvalue weighted by Crippen LogP contribution is -2.20. The fourth-order valence-electron chi connectivity index (χ4n) is 2.22. The number of methoxy groups -OCH3 is 1. The van der Waals surface area contributed by atoms with Gasteiger partial charge in [0.1, 0.15) is 17.4 Å². The van der Waals surface area contributed by atoms with Crippen molar-refractivity contribution in [1.29, 1.82) is 5.26 Å². The molecule has 8 nitrogen and oxygen atoms in total. The van der Waals surface area contributed by atoms with Gasteiger partial charge in [0.2, 0.25) is 0 Å². The molecule has 3 N–H and O–H groups in total. The topological polar surface area (TPSA) is 132 Å². The molecule has 29 heavy (non-hydrogen) atoms. The maximum absolute atomic E-state index is 12.4. The molecular formula is C20H16ClN3O5. The Bertz CT molecular complexity index is 1010. The minimum absolute atomic E-state index is 0.228. The van der Waals surface area contributed by atoms with Gasteiger partial charge in [-0.25, -0.2) is 4.79 Å². The molecule has 2 rings (SSSR count). The molecule has 0 fully saturated rings. The number of primary amides is 1. The van der Waals surface area contributed by atoms with Crippen molar-refractivity contribution in [3.8, 4) is 11.8 Å². The molecule has 0 aromatic heterocycles. The number of halogens is 1. The number of rotatable bonds is 7. The Balaban J connectivity index is 2.24. The van der Waals surface area contributed by atoms with Crippen LogP contribution in [0.25, 0.3) is 6.08 Å². The van der Waals surface area contributed by atoms with Gasteiger partial charge in [0, 0.05) is 16.3 Å². The van der Waals surface area contributed by atoms with Crippen LogP contribution in [-0.2, 0) is 14.3 Å². The van der Waals surface area contributed by atoms with E-state index in [2.05, 4.69) is 10.1 Å². The molecule has 0 saturated heterocycles. The highest BCUT2D eigenvalue weighted by atomic mass is 35.5. The molecule has 2 amide bonds. The summed E-state index contributed by atoms with van der Waals surface area (Å²) in [5, 5.41) is 12.3. The Hall–Kier alpha value is -3.83. The van der Waals surface area contributed by atoms with Crippen molar-refractivity contribution in [2.24, 2.45) is 5.73 Å². The average Bonchev–Trinajstić information content (AvgIpc) is 2.71. The fraction of sp³-hybridized carbons (Fsp3) is 0.100. The number of nitrogens with zero attached hydrogens (tertiary/aromatic N) is 1. The van der Waals surface area contributed by atoms with E-state index in [0.717, 1.165) is 0 Å². The third-order valence-electron chi connectivity index (χ3n) is 3.57. The van der Waals surface area contributed by atoms with Crippen LogP contribution < -0.4 is 15.8 Å². The van der Waals surface area contributed by atoms with Gasteiger partial charge in [-0.3, -0.25) is 9.59 Å². The Morgan fingerprint density at radius 1 is 1.21 bits per heavy atom. The zero-order valence-corrected chi connectivity index (χ0v) is 16.0. The molecule has 148 valence electrons. The summed E-state index contributed by atoms with van der Waals surface area (Å²) in [7, 11) is 1.26. The van der Waals surface area contributed by atoms with Gasteiger partial charge in [-0.05, 0) is 48.5 Å². The quantitative estimate of drug-likeness (QED) is 0.407. The van der Waals surface area contributed by atoms with Crippen LogP contribution in [0.3, 0.4) is 0 Å². The van der Waals surface area contributed by atoms with Crippen molar-refractivity contribution >= 4 is 41.1 Å². The second-order valence-electron chi connectivity index (χ2n) is 5.63. The van der Waals surface area contributed by atoms with Crippen LogP contribution in [0.4, 0.5) is 5.69 Å². The average molecular weight is 414 g/mol. The first kappa shape index (κ1) is 21.5. The second kappa shape index (κ2) is 9.92. The van der Waals surface area contributed by atoms with E-state index in [-0.39, 0.29) is 17.9 Å². The summed E-state index contributed by atoms with van der Waals surface area (Å²) in [5.41, 5.74) is 5.86. The molecule has 0 bridgehead atoms. The molecule has 0 atom stereocenters. The Morgan fingerprint density at radius 3 is 2.48 bits per heavy atom. The van der Waals surface area contributed by atoms with E-state index in [0.29, 0.717) is 21.8 Å². The van der Waals surface area contributed by atoms with E-state index in [1.54, 1.807) is 6.07 Å². The monoisotopic (exact) mass is 413 g/mol. The van der Waals surface area contributed by atoms with Gasteiger partial charge in [-0.15, -0.1) is 0 Å². The van der Waals surface area contributed by atoms with E-state index in [4.69, 9.17) is 22.1 Å². The van der Waals surface area contributed by atoms with Crippen LogP contribution in [0.5, 0.6) is 5.75 Å². The van der Waals surface area contributed by atoms with Crippen molar-refractivity contribution in [3.63, 3.8) is 0 Å². The summed E-state index contributed by atoms with van der Waals surface area (Å²) in [6.45, 7) is -0.372. The Kier molecular flexibility index (Phi) is 7.34. The number of ether oxygens (including phenoxy) is 2. The lowest BCUT2D eigenvalue weighted by Gasteiger charge is -2.09. The first-order valence-corrected chi connectivity index (χ1v) is 8.54. The zero-order chi connectivity index (χ0) is 21.4. The number of anilines is 1. The molecule has 0 radical (unpaired) electrons. The van der Waals surface area contributed by atoms with Crippen LogP contribution in [0.2, 0.25) is 5.02 Å². The minimum Gasteiger partial charge on any atom is -0.483 e. The molecule has 0 heterocycles. The highest BCUT2D eigenvalue weighted by Crippen LogP contribution is 2.25. The van der Waals surface area contributed by atoms with Gasteiger partial charge in [0.15, 0.2) is 6.61 Å². The van der Waals surface area contributed by atoms with Crippen molar-refractivity contribution in [3.05, 3.63) is 64.2 Å². The molecule has 0 unspecified atom stereocenters. The summed E-state index contributed by atoms with van der Waals surface area (Å²) in [6.07, 6.45) is 1.28. The van der Waals surface area contributed by atoms with Crippen LogP contribution in [0, 0.1) is 11.3 Å². The Labute approximate surface area is 171 Å². The zero-order valence-electron chi connectivity index (χ0n) is 15.3. The number of hydrogen-bond donors (Lipinski definition) is 2. The van der Waals surface area contributed by atoms with Crippen molar-refractivity contribution in [1.82, 2.24) is 0 Å². The van der Waals surface area contributed by atoms with Gasteiger partial charge >= 0.3 is 5.97 Å². The molecule has 9 heteroatoms. The van der Waals surface area contributed by atoms with E-state index in [9.17, 15) is 19.6 Å². The van der Waals surface area contributed by atoms with Crippen LogP contribution in [0.15, 0.2) is 48.0 Å². The lowest BCUT2D eigenvalue weighted by molar-refractivity contribution is -0.120. The number of amides is 2. The SMILES string of the molecule is COC(=O)c1ccc(NC(=O)/C(C#N)=C/c2cc(Cl)ccc2OCC(N)=O)cc1. The predicted molar refractivity (Wildman–Crippen MR) is 106 cm³/mol. The van der Waals surface area contributed by atoms with E-state index >= 15 is 0 Å². The summed E-state index contributed by atoms with van der Waals surface area (Å²) >= 11 is 5.97. The summed E-state index contributed by atoms with van der Waals surface area (Å²) in [5.74, 6) is -1.64. The maximum atomic E-state index is 12.4. The number of carbonyl (C=O) groups excluding carboxylic acids is 3. The van der Waals surface area contributed by atoms with Gasteiger partial charge in [-0.2, -0.15) is 5.26 Å². The van der Waals surface area contributed by atoms with Gasteiger partial charge < -0.3 is 20.5 Å². The maximum Gasteiger partial charge on any atom is 0.337 e. The molecule has 2 aromatic rings. The van der Waals surface area contributed by atoms with Crippen molar-refractivity contribution < 1.29 is 23.9 Å². The first-order valence-electron chi connectivity index (χ1n) is 8.16. The van der Waals surface area contributed by atoms with Crippen LogP contribution >= 0.6 is 11.6 Å². The number of nitrogens with two attached hydrogens (primary N) is 1. The van der Waals surface area contributed by atoms with Crippen molar-refractivity contribution in [2.75, 3.05) is 19.0 Å². The standard InChI is InChI=1S/C20H16ClN3O5/c1-28-20(27)12-2-5-16(6-3-12)24-19(26)14(10-22)8-13-9-15(21)4-7-17(13)29-11-18(23)25/h2-9H,11H2,1H3,(H2,23,25)(H,24,26)/b14-8+. The molecule has 0 aliphatic heterocycles. The van der Waals surface area contributed by atoms with Crippen molar-refractivity contribution in [2.45, 2.75) is 0 Å². The lowest BCUT2D eigenvalue weighted by atomic mass is 10.1. The second-order valence-corrected chi connectivity index (χ2v) is 6.07. The molecule has 0 aliphatic rings. The smallest absolute Gasteiger partial charge is 0.337 e. The summed E-state index contributed by atoms with van der Waals surface area (Å²) in [4.78, 5) is 34.8. The van der Waals surface area contributed by atoms with Gasteiger partial charge in [0.05, 0.1) is 12.7 Å². The summed E-state index contributed by atoms with van der Waals surface area (Å²) < 4.78 is 9.89. The third-order valence-corrected chi connectivity index (χ3v) is 3.81.